The van der Waals surface area contributed by atoms with E-state index < -0.39 is 24.3 Å². The number of methoxy groups -OCH3 is 2. The van der Waals surface area contributed by atoms with Gasteiger partial charge < -0.3 is 28.8 Å². The van der Waals surface area contributed by atoms with Crippen molar-refractivity contribution >= 4 is 0 Å². The van der Waals surface area contributed by atoms with E-state index in [4.69, 9.17) is 9.47 Å². The standard InChI is InChI=1S/2C20H18FNO3/c2*1-25-17-11-7-15(8-12-17)20(24)19(14-5-9-16(21)10-6-14)22-13-3-2-4-18(22)23/h2*2-13,19-20,24H,1H3/t2*19-,20+/m10/s1. The van der Waals surface area contributed by atoms with E-state index >= 15 is 0 Å². The molecule has 0 bridgehead atoms. The Balaban J connectivity index is 0.000000194. The highest BCUT2D eigenvalue weighted by Gasteiger charge is 2.26. The van der Waals surface area contributed by atoms with Crippen LogP contribution in [-0.4, -0.2) is 33.6 Å². The van der Waals surface area contributed by atoms with Crippen LogP contribution in [0.4, 0.5) is 8.78 Å². The summed E-state index contributed by atoms with van der Waals surface area (Å²) in [7, 11) is 3.13. The van der Waals surface area contributed by atoms with Crippen molar-refractivity contribution in [2.45, 2.75) is 24.3 Å². The summed E-state index contributed by atoms with van der Waals surface area (Å²) in [4.78, 5) is 24.6. The van der Waals surface area contributed by atoms with Crippen LogP contribution in [0.15, 0.2) is 155 Å². The van der Waals surface area contributed by atoms with Gasteiger partial charge in [0.1, 0.15) is 35.3 Å². The minimum Gasteiger partial charge on any atom is -0.497 e. The molecule has 0 amide bonds. The molecular weight excluding hydrogens is 642 g/mol. The molecule has 10 heteroatoms. The van der Waals surface area contributed by atoms with E-state index in [9.17, 15) is 28.6 Å². The summed E-state index contributed by atoms with van der Waals surface area (Å²) in [5.74, 6) is 0.598. The Hall–Kier alpha value is -5.84. The topological polar surface area (TPSA) is 103 Å². The quantitative estimate of drug-likeness (QED) is 0.169. The fraction of sp³-hybridized carbons (Fsp3) is 0.150. The van der Waals surface area contributed by atoms with Gasteiger partial charge in [0.2, 0.25) is 0 Å². The molecule has 6 aromatic rings. The first kappa shape index (κ1) is 35.5. The average molecular weight is 679 g/mol. The molecule has 4 atom stereocenters. The Morgan fingerprint density at radius 1 is 0.480 bits per heavy atom. The maximum absolute atomic E-state index is 13.3. The van der Waals surface area contributed by atoms with E-state index in [0.29, 0.717) is 33.8 Å². The van der Waals surface area contributed by atoms with E-state index in [1.807, 2.05) is 0 Å². The van der Waals surface area contributed by atoms with Crippen molar-refractivity contribution < 1.29 is 28.5 Å². The van der Waals surface area contributed by atoms with Crippen molar-refractivity contribution in [3.63, 3.8) is 0 Å². The summed E-state index contributed by atoms with van der Waals surface area (Å²) in [6.45, 7) is 0. The monoisotopic (exact) mass is 678 g/mol. The molecule has 0 spiro atoms. The van der Waals surface area contributed by atoms with Gasteiger partial charge in [0.15, 0.2) is 0 Å². The highest BCUT2D eigenvalue weighted by molar-refractivity contribution is 5.33. The van der Waals surface area contributed by atoms with Crippen LogP contribution in [-0.2, 0) is 0 Å². The number of rotatable bonds is 10. The summed E-state index contributed by atoms with van der Waals surface area (Å²) in [5.41, 5.74) is 2.04. The van der Waals surface area contributed by atoms with Crippen LogP contribution in [0, 0.1) is 11.6 Å². The number of nitrogens with zero attached hydrogens (tertiary/aromatic N) is 2. The van der Waals surface area contributed by atoms with E-state index in [0.717, 1.165) is 0 Å². The lowest BCUT2D eigenvalue weighted by molar-refractivity contribution is 0.129. The summed E-state index contributed by atoms with van der Waals surface area (Å²) in [5, 5.41) is 21.9. The highest BCUT2D eigenvalue weighted by atomic mass is 19.1. The normalized spacial score (nSPS) is 13.2. The predicted octanol–water partition coefficient (Wildman–Crippen LogP) is 6.64. The second-order valence-corrected chi connectivity index (χ2v) is 11.3. The van der Waals surface area contributed by atoms with Crippen molar-refractivity contribution in [2.75, 3.05) is 14.2 Å². The molecule has 0 saturated carbocycles. The van der Waals surface area contributed by atoms with E-state index in [1.165, 1.54) is 45.5 Å². The SMILES string of the molecule is COc1ccc([C@@H](O)[C@H](c2ccc(F)cc2)n2ccccc2=O)cc1.COc1ccc([C@H](O)[C@@H](c2ccc(F)cc2)n2ccccc2=O)cc1. The molecule has 2 N–H and O–H groups in total. The molecule has 0 radical (unpaired) electrons. The second kappa shape index (κ2) is 16.5. The molecule has 0 saturated heterocycles. The van der Waals surface area contributed by atoms with Gasteiger partial charge in [0.05, 0.1) is 26.3 Å². The van der Waals surface area contributed by atoms with Crippen LogP contribution in [0.25, 0.3) is 0 Å². The Morgan fingerprint density at radius 3 is 1.10 bits per heavy atom. The van der Waals surface area contributed by atoms with Gasteiger partial charge in [-0.2, -0.15) is 0 Å². The summed E-state index contributed by atoms with van der Waals surface area (Å²) in [6, 6.07) is 33.7. The Bertz CT molecular complexity index is 1930. The summed E-state index contributed by atoms with van der Waals surface area (Å²) >= 11 is 0. The number of aliphatic hydroxyl groups excluding tert-OH is 2. The van der Waals surface area contributed by atoms with Gasteiger partial charge in [0, 0.05) is 24.5 Å². The minimum absolute atomic E-state index is 0.246. The second-order valence-electron chi connectivity index (χ2n) is 11.3. The first-order valence-corrected chi connectivity index (χ1v) is 15.7. The molecule has 0 aliphatic rings. The lowest BCUT2D eigenvalue weighted by Gasteiger charge is -2.26. The van der Waals surface area contributed by atoms with Crippen molar-refractivity contribution in [3.8, 4) is 11.5 Å². The third-order valence-corrected chi connectivity index (χ3v) is 8.24. The zero-order valence-corrected chi connectivity index (χ0v) is 27.3. The Kier molecular flexibility index (Phi) is 11.7. The number of hydrogen-bond donors (Lipinski definition) is 2. The lowest BCUT2D eigenvalue weighted by Crippen LogP contribution is -2.28. The number of aromatic nitrogens is 2. The smallest absolute Gasteiger partial charge is 0.251 e. The van der Waals surface area contributed by atoms with Crippen molar-refractivity contribution in [1.82, 2.24) is 9.13 Å². The molecule has 0 aliphatic heterocycles. The molecule has 0 unspecified atom stereocenters. The molecule has 256 valence electrons. The van der Waals surface area contributed by atoms with Crippen molar-refractivity contribution in [1.29, 1.82) is 0 Å². The molecule has 6 rings (SSSR count). The average Bonchev–Trinajstić information content (AvgIpc) is 3.15. The fourth-order valence-electron chi connectivity index (χ4n) is 5.62. The van der Waals surface area contributed by atoms with E-state index in [-0.39, 0.29) is 22.8 Å². The van der Waals surface area contributed by atoms with Crippen LogP contribution in [0.2, 0.25) is 0 Å². The Morgan fingerprint density at radius 2 is 0.800 bits per heavy atom. The number of hydrogen-bond acceptors (Lipinski definition) is 6. The van der Waals surface area contributed by atoms with Crippen LogP contribution in [0.3, 0.4) is 0 Å². The molecule has 50 heavy (non-hydrogen) atoms. The Labute approximate surface area is 287 Å². The van der Waals surface area contributed by atoms with Gasteiger partial charge in [-0.25, -0.2) is 8.78 Å². The molecular formula is C40H36F2N2O6. The van der Waals surface area contributed by atoms with Crippen LogP contribution in [0.1, 0.15) is 46.5 Å². The van der Waals surface area contributed by atoms with Crippen molar-refractivity contribution in [3.05, 3.63) is 200 Å². The molecule has 8 nitrogen and oxygen atoms in total. The highest BCUT2D eigenvalue weighted by Crippen LogP contribution is 2.34. The zero-order chi connectivity index (χ0) is 35.6. The van der Waals surface area contributed by atoms with E-state index in [1.54, 1.807) is 124 Å². The maximum Gasteiger partial charge on any atom is 0.251 e. The van der Waals surface area contributed by atoms with Crippen LogP contribution in [0.5, 0.6) is 11.5 Å². The minimum atomic E-state index is -0.989. The lowest BCUT2D eigenvalue weighted by atomic mass is 9.95. The number of aliphatic hydroxyl groups is 2. The molecule has 0 aliphatic carbocycles. The van der Waals surface area contributed by atoms with Gasteiger partial charge in [-0.15, -0.1) is 0 Å². The first-order valence-electron chi connectivity index (χ1n) is 15.7. The number of pyridine rings is 2. The van der Waals surface area contributed by atoms with Crippen molar-refractivity contribution in [2.24, 2.45) is 0 Å². The van der Waals surface area contributed by atoms with Gasteiger partial charge in [-0.1, -0.05) is 60.7 Å². The predicted molar refractivity (Wildman–Crippen MR) is 186 cm³/mol. The molecule has 2 heterocycles. The molecule has 2 aromatic heterocycles. The van der Waals surface area contributed by atoms with Gasteiger partial charge in [0.25, 0.3) is 11.1 Å². The fourth-order valence-corrected chi connectivity index (χ4v) is 5.62. The number of ether oxygens (including phenoxy) is 2. The third-order valence-electron chi connectivity index (χ3n) is 8.24. The van der Waals surface area contributed by atoms with Gasteiger partial charge in [-0.3, -0.25) is 9.59 Å². The van der Waals surface area contributed by atoms with Gasteiger partial charge in [-0.05, 0) is 82.9 Å². The summed E-state index contributed by atoms with van der Waals surface area (Å²) in [6.07, 6.45) is 1.25. The maximum atomic E-state index is 13.3. The zero-order valence-electron chi connectivity index (χ0n) is 27.3. The first-order chi connectivity index (χ1) is 24.2. The largest absolute Gasteiger partial charge is 0.497 e. The van der Waals surface area contributed by atoms with Crippen LogP contribution >= 0.6 is 0 Å². The molecule has 0 fully saturated rings. The van der Waals surface area contributed by atoms with E-state index in [2.05, 4.69) is 0 Å². The van der Waals surface area contributed by atoms with Crippen LogP contribution < -0.4 is 20.6 Å². The number of benzene rings is 4. The summed E-state index contributed by atoms with van der Waals surface area (Å²) < 4.78 is 39.7. The number of halogens is 2. The molecule has 4 aromatic carbocycles. The third kappa shape index (κ3) is 8.41. The van der Waals surface area contributed by atoms with Gasteiger partial charge >= 0.3 is 0 Å².